The van der Waals surface area contributed by atoms with Crippen molar-refractivity contribution >= 4 is 12.6 Å². The van der Waals surface area contributed by atoms with Crippen molar-refractivity contribution < 1.29 is 19.8 Å². The van der Waals surface area contributed by atoms with Gasteiger partial charge in [-0.05, 0) is 13.0 Å². The Morgan fingerprint density at radius 3 is 2.57 bits per heavy atom. The Morgan fingerprint density at radius 2 is 2.29 bits per heavy atom. The molecule has 1 unspecified atom stereocenters. The van der Waals surface area contributed by atoms with Crippen LogP contribution in [0.4, 0.5) is 4.79 Å². The van der Waals surface area contributed by atoms with Crippen molar-refractivity contribution in [3.8, 4) is 0 Å². The summed E-state index contributed by atoms with van der Waals surface area (Å²) in [5.74, 6) is 0. The molecule has 0 aliphatic carbocycles. The predicted octanol–water partition coefficient (Wildman–Crippen LogP) is 0.0490. The number of carboxylic acid groups (broad SMARTS) is 2. The van der Waals surface area contributed by atoms with Crippen LogP contribution in [0.5, 0.6) is 0 Å². The molecular formula is C8H16N2O4. The quantitative estimate of drug-likeness (QED) is 0.565. The summed E-state index contributed by atoms with van der Waals surface area (Å²) in [5.41, 5.74) is 0. The van der Waals surface area contributed by atoms with Crippen molar-refractivity contribution in [2.45, 2.75) is 19.4 Å². The van der Waals surface area contributed by atoms with Gasteiger partial charge in [0, 0.05) is 19.1 Å². The molecule has 1 fully saturated rings. The summed E-state index contributed by atoms with van der Waals surface area (Å²) in [7, 11) is 0. The third-order valence-corrected chi connectivity index (χ3v) is 2.02. The highest BCUT2D eigenvalue weighted by Gasteiger charge is 2.30. The lowest BCUT2D eigenvalue weighted by atomic mass is 10.0. The molecule has 1 amide bonds. The van der Waals surface area contributed by atoms with Crippen LogP contribution in [-0.4, -0.2) is 53.4 Å². The summed E-state index contributed by atoms with van der Waals surface area (Å²) in [5, 5.41) is 18.6. The minimum absolute atomic E-state index is 0.215. The maximum atomic E-state index is 10.5. The molecule has 1 rings (SSSR count). The maximum Gasteiger partial charge on any atom is 0.407 e. The van der Waals surface area contributed by atoms with Crippen molar-refractivity contribution in [1.82, 2.24) is 10.2 Å². The second-order valence-electron chi connectivity index (χ2n) is 2.83. The van der Waals surface area contributed by atoms with Crippen LogP contribution < -0.4 is 5.32 Å². The number of amides is 1. The maximum absolute atomic E-state index is 10.5. The van der Waals surface area contributed by atoms with E-state index in [-0.39, 0.29) is 12.5 Å². The topological polar surface area (TPSA) is 89.9 Å². The fourth-order valence-electron chi connectivity index (χ4n) is 1.22. The van der Waals surface area contributed by atoms with Crippen LogP contribution in [0.3, 0.4) is 0 Å². The largest absolute Gasteiger partial charge is 0.483 e. The molecule has 0 aromatic rings. The molecule has 0 saturated carbocycles. The standard InChI is InChI=1S/C7H14N2O2.CH2O2/c1-2-8-5-6-3-4-9(6)7(10)11;2-1-3/h6,8H,2-5H2,1H3,(H,10,11);1H,(H,2,3). The summed E-state index contributed by atoms with van der Waals surface area (Å²) < 4.78 is 0. The second-order valence-corrected chi connectivity index (χ2v) is 2.83. The summed E-state index contributed by atoms with van der Waals surface area (Å²) in [4.78, 5) is 20.3. The van der Waals surface area contributed by atoms with Crippen LogP contribution >= 0.6 is 0 Å². The van der Waals surface area contributed by atoms with Gasteiger partial charge < -0.3 is 20.4 Å². The van der Waals surface area contributed by atoms with Crippen LogP contribution in [0, 0.1) is 0 Å². The average molecular weight is 204 g/mol. The molecule has 82 valence electrons. The normalized spacial score (nSPS) is 18.9. The van der Waals surface area contributed by atoms with Crippen molar-refractivity contribution in [3.63, 3.8) is 0 Å². The molecule has 1 atom stereocenters. The van der Waals surface area contributed by atoms with E-state index in [1.807, 2.05) is 6.92 Å². The lowest BCUT2D eigenvalue weighted by Gasteiger charge is -2.38. The van der Waals surface area contributed by atoms with Gasteiger partial charge in [-0.15, -0.1) is 0 Å². The van der Waals surface area contributed by atoms with Gasteiger partial charge in [0.2, 0.25) is 0 Å². The first-order chi connectivity index (χ1) is 6.67. The van der Waals surface area contributed by atoms with Gasteiger partial charge in [-0.25, -0.2) is 4.79 Å². The van der Waals surface area contributed by atoms with Gasteiger partial charge in [0.25, 0.3) is 6.47 Å². The molecule has 3 N–H and O–H groups in total. The van der Waals surface area contributed by atoms with Crippen LogP contribution in [-0.2, 0) is 4.79 Å². The molecule has 0 spiro atoms. The zero-order valence-corrected chi connectivity index (χ0v) is 8.14. The van der Waals surface area contributed by atoms with E-state index in [1.165, 1.54) is 4.90 Å². The highest BCUT2D eigenvalue weighted by atomic mass is 16.4. The molecular weight excluding hydrogens is 188 g/mol. The molecule has 6 nitrogen and oxygen atoms in total. The minimum atomic E-state index is -0.792. The lowest BCUT2D eigenvalue weighted by molar-refractivity contribution is -0.122. The molecule has 0 radical (unpaired) electrons. The third-order valence-electron chi connectivity index (χ3n) is 2.02. The van der Waals surface area contributed by atoms with Crippen LogP contribution in [0.15, 0.2) is 0 Å². The molecule has 1 aliphatic heterocycles. The Bertz CT molecular complexity index is 186. The highest BCUT2D eigenvalue weighted by molar-refractivity contribution is 5.66. The smallest absolute Gasteiger partial charge is 0.407 e. The number of nitrogens with zero attached hydrogens (tertiary/aromatic N) is 1. The summed E-state index contributed by atoms with van der Waals surface area (Å²) in [6.45, 7) is 4.17. The van der Waals surface area contributed by atoms with E-state index >= 15 is 0 Å². The first-order valence-electron chi connectivity index (χ1n) is 4.45. The van der Waals surface area contributed by atoms with E-state index in [4.69, 9.17) is 15.0 Å². The summed E-state index contributed by atoms with van der Waals surface area (Å²) >= 11 is 0. The number of carbonyl (C=O) groups is 2. The van der Waals surface area contributed by atoms with Crippen molar-refractivity contribution in [3.05, 3.63) is 0 Å². The van der Waals surface area contributed by atoms with E-state index in [9.17, 15) is 4.79 Å². The Hall–Kier alpha value is -1.30. The fourth-order valence-corrected chi connectivity index (χ4v) is 1.22. The molecule has 0 aromatic carbocycles. The van der Waals surface area contributed by atoms with Gasteiger partial charge in [-0.3, -0.25) is 4.79 Å². The number of rotatable bonds is 3. The number of hydrogen-bond acceptors (Lipinski definition) is 3. The van der Waals surface area contributed by atoms with Crippen molar-refractivity contribution in [1.29, 1.82) is 0 Å². The summed E-state index contributed by atoms with van der Waals surface area (Å²) in [6, 6.07) is 0.215. The van der Waals surface area contributed by atoms with E-state index < -0.39 is 6.09 Å². The summed E-state index contributed by atoms with van der Waals surface area (Å²) in [6.07, 6.45) is 0.207. The van der Waals surface area contributed by atoms with Crippen LogP contribution in [0.2, 0.25) is 0 Å². The average Bonchev–Trinajstić information content (AvgIpc) is 2.03. The highest BCUT2D eigenvalue weighted by Crippen LogP contribution is 2.15. The van der Waals surface area contributed by atoms with E-state index in [1.54, 1.807) is 0 Å². The SMILES string of the molecule is CCNCC1CCN1C(=O)O.O=CO. The number of likely N-dealkylation sites (N-methyl/N-ethyl adjacent to an activating group) is 1. The molecule has 0 aromatic heterocycles. The zero-order valence-electron chi connectivity index (χ0n) is 8.14. The van der Waals surface area contributed by atoms with E-state index in [0.717, 1.165) is 19.5 Å². The van der Waals surface area contributed by atoms with Gasteiger partial charge in [0.05, 0.1) is 0 Å². The van der Waals surface area contributed by atoms with Crippen LogP contribution in [0.25, 0.3) is 0 Å². The fraction of sp³-hybridized carbons (Fsp3) is 0.750. The number of hydrogen-bond donors (Lipinski definition) is 3. The Morgan fingerprint density at radius 1 is 1.71 bits per heavy atom. The zero-order chi connectivity index (χ0) is 11.0. The lowest BCUT2D eigenvalue weighted by Crippen LogP contribution is -2.54. The van der Waals surface area contributed by atoms with Crippen molar-refractivity contribution in [2.75, 3.05) is 19.6 Å². The van der Waals surface area contributed by atoms with Gasteiger partial charge in [-0.1, -0.05) is 6.92 Å². The monoisotopic (exact) mass is 204 g/mol. The number of nitrogens with one attached hydrogen (secondary N) is 1. The van der Waals surface area contributed by atoms with Crippen LogP contribution in [0.1, 0.15) is 13.3 Å². The van der Waals surface area contributed by atoms with Gasteiger partial charge >= 0.3 is 6.09 Å². The number of likely N-dealkylation sites (tertiary alicyclic amines) is 1. The first-order valence-corrected chi connectivity index (χ1v) is 4.45. The van der Waals surface area contributed by atoms with E-state index in [0.29, 0.717) is 6.54 Å². The van der Waals surface area contributed by atoms with Gasteiger partial charge in [0.1, 0.15) is 0 Å². The molecule has 6 heteroatoms. The van der Waals surface area contributed by atoms with Gasteiger partial charge in [0.15, 0.2) is 0 Å². The van der Waals surface area contributed by atoms with Crippen molar-refractivity contribution in [2.24, 2.45) is 0 Å². The Labute approximate surface area is 82.5 Å². The molecule has 0 bridgehead atoms. The molecule has 14 heavy (non-hydrogen) atoms. The Balaban J connectivity index is 0.000000500. The van der Waals surface area contributed by atoms with E-state index in [2.05, 4.69) is 5.32 Å². The third kappa shape index (κ3) is 4.08. The minimum Gasteiger partial charge on any atom is -0.483 e. The first kappa shape index (κ1) is 12.7. The van der Waals surface area contributed by atoms with Gasteiger partial charge in [-0.2, -0.15) is 0 Å². The second kappa shape index (κ2) is 7.14. The molecule has 1 saturated heterocycles. The molecule has 1 aliphatic rings. The predicted molar refractivity (Wildman–Crippen MR) is 50.4 cm³/mol. The Kier molecular flexibility index (Phi) is 6.47. The molecule has 1 heterocycles.